The van der Waals surface area contributed by atoms with E-state index in [0.717, 1.165) is 11.4 Å². The molecule has 1 aromatic heterocycles. The maximum Gasteiger partial charge on any atom is 0.159 e. The lowest BCUT2D eigenvalue weighted by Gasteiger charge is -2.12. The zero-order valence-corrected chi connectivity index (χ0v) is 10.2. The van der Waals surface area contributed by atoms with Crippen LogP contribution in [0.4, 0.5) is 0 Å². The highest BCUT2D eigenvalue weighted by molar-refractivity contribution is 5.59. The van der Waals surface area contributed by atoms with E-state index in [4.69, 9.17) is 10.8 Å². The molecule has 3 N–H and O–H groups in total. The van der Waals surface area contributed by atoms with E-state index in [2.05, 4.69) is 16.8 Å². The maximum atomic E-state index is 9.12. The summed E-state index contributed by atoms with van der Waals surface area (Å²) in [6.45, 7) is 7.44. The first-order valence-electron chi connectivity index (χ1n) is 5.36. The lowest BCUT2D eigenvalue weighted by molar-refractivity contribution is 0.238. The van der Waals surface area contributed by atoms with Crippen LogP contribution in [0.15, 0.2) is 36.8 Å². The van der Waals surface area contributed by atoms with E-state index in [1.165, 1.54) is 0 Å². The van der Waals surface area contributed by atoms with Gasteiger partial charge in [0.2, 0.25) is 0 Å². The molecule has 1 heterocycles. The van der Waals surface area contributed by atoms with Gasteiger partial charge < -0.3 is 15.4 Å². The third kappa shape index (κ3) is 3.57. The third-order valence-electron chi connectivity index (χ3n) is 2.32. The first kappa shape index (κ1) is 13.2. The van der Waals surface area contributed by atoms with Crippen LogP contribution in [0.2, 0.25) is 0 Å². The zero-order chi connectivity index (χ0) is 12.8. The van der Waals surface area contributed by atoms with Gasteiger partial charge in [0.25, 0.3) is 0 Å². The molecule has 1 aromatic rings. The van der Waals surface area contributed by atoms with Gasteiger partial charge in [-0.1, -0.05) is 18.7 Å². The van der Waals surface area contributed by atoms with Crippen LogP contribution in [0.3, 0.4) is 0 Å². The number of nitrogens with zero attached hydrogens (tertiary/aromatic N) is 3. The molecule has 0 saturated heterocycles. The third-order valence-corrected chi connectivity index (χ3v) is 2.32. The van der Waals surface area contributed by atoms with Gasteiger partial charge in [-0.3, -0.25) is 0 Å². The smallest absolute Gasteiger partial charge is 0.159 e. The highest BCUT2D eigenvalue weighted by atomic mass is 16.3. The first-order chi connectivity index (χ1) is 8.06. The number of rotatable bonds is 5. The van der Waals surface area contributed by atoms with E-state index < -0.39 is 0 Å². The Balaban J connectivity index is 2.92. The normalized spacial score (nSPS) is 14.2. The van der Waals surface area contributed by atoms with Crippen molar-refractivity contribution in [1.82, 2.24) is 14.8 Å². The molecule has 0 aliphatic rings. The van der Waals surface area contributed by atoms with Gasteiger partial charge in [-0.15, -0.1) is 10.2 Å². The molecule has 1 rings (SSSR count). The van der Waals surface area contributed by atoms with Crippen LogP contribution in [0.25, 0.3) is 5.57 Å². The average Bonchev–Trinajstić information content (AvgIpc) is 2.76. The minimum atomic E-state index is -0.0446. The van der Waals surface area contributed by atoms with Crippen molar-refractivity contribution < 1.29 is 5.11 Å². The van der Waals surface area contributed by atoms with Crippen LogP contribution in [0, 0.1) is 0 Å². The molecule has 0 aliphatic heterocycles. The molecule has 0 fully saturated rings. The SMILES string of the molecule is C=C(N)/C=C\C=C(/C)c1nncn1C(C)CO. The summed E-state index contributed by atoms with van der Waals surface area (Å²) in [6.07, 6.45) is 7.00. The predicted molar refractivity (Wildman–Crippen MR) is 67.9 cm³/mol. The number of aliphatic hydroxyl groups is 1. The van der Waals surface area contributed by atoms with Crippen LogP contribution in [-0.2, 0) is 0 Å². The van der Waals surface area contributed by atoms with Crippen LogP contribution >= 0.6 is 0 Å². The number of allylic oxidation sites excluding steroid dienone is 4. The topological polar surface area (TPSA) is 77.0 Å². The van der Waals surface area contributed by atoms with Crippen molar-refractivity contribution in [3.8, 4) is 0 Å². The average molecular weight is 234 g/mol. The number of hydrogen-bond donors (Lipinski definition) is 2. The van der Waals surface area contributed by atoms with E-state index in [1.807, 2.05) is 24.5 Å². The van der Waals surface area contributed by atoms with Crippen LogP contribution in [-0.4, -0.2) is 26.5 Å². The Morgan fingerprint density at radius 2 is 2.41 bits per heavy atom. The van der Waals surface area contributed by atoms with E-state index >= 15 is 0 Å². The van der Waals surface area contributed by atoms with Gasteiger partial charge in [0.15, 0.2) is 5.82 Å². The van der Waals surface area contributed by atoms with E-state index in [1.54, 1.807) is 18.5 Å². The molecule has 0 radical (unpaired) electrons. The molecule has 0 spiro atoms. The van der Waals surface area contributed by atoms with Crippen molar-refractivity contribution in [3.05, 3.63) is 42.7 Å². The fourth-order valence-corrected chi connectivity index (χ4v) is 1.33. The number of aliphatic hydroxyl groups excluding tert-OH is 1. The van der Waals surface area contributed by atoms with Gasteiger partial charge in [0, 0.05) is 5.70 Å². The Morgan fingerprint density at radius 1 is 1.71 bits per heavy atom. The van der Waals surface area contributed by atoms with Gasteiger partial charge in [-0.25, -0.2) is 0 Å². The summed E-state index contributed by atoms with van der Waals surface area (Å²) < 4.78 is 1.83. The molecule has 0 aliphatic carbocycles. The summed E-state index contributed by atoms with van der Waals surface area (Å²) in [5.41, 5.74) is 6.86. The number of hydrogen-bond acceptors (Lipinski definition) is 4. The highest BCUT2D eigenvalue weighted by Gasteiger charge is 2.10. The largest absolute Gasteiger partial charge is 0.399 e. The van der Waals surface area contributed by atoms with Crippen molar-refractivity contribution in [3.63, 3.8) is 0 Å². The molecule has 0 saturated carbocycles. The Hall–Kier alpha value is -1.88. The van der Waals surface area contributed by atoms with Crippen LogP contribution in [0.1, 0.15) is 25.7 Å². The second-order valence-electron chi connectivity index (χ2n) is 3.88. The van der Waals surface area contributed by atoms with Crippen molar-refractivity contribution in [1.29, 1.82) is 0 Å². The summed E-state index contributed by atoms with van der Waals surface area (Å²) in [5.74, 6) is 0.735. The molecule has 17 heavy (non-hydrogen) atoms. The Kier molecular flexibility index (Phi) is 4.66. The lowest BCUT2D eigenvalue weighted by atomic mass is 10.2. The quantitative estimate of drug-likeness (QED) is 0.752. The molecule has 1 atom stereocenters. The van der Waals surface area contributed by atoms with Crippen LogP contribution < -0.4 is 5.73 Å². The fourth-order valence-electron chi connectivity index (χ4n) is 1.33. The first-order valence-corrected chi connectivity index (χ1v) is 5.36. The maximum absolute atomic E-state index is 9.12. The summed E-state index contributed by atoms with van der Waals surface area (Å²) in [5, 5.41) is 17.0. The molecule has 1 unspecified atom stereocenters. The minimum absolute atomic E-state index is 0.0446. The predicted octanol–water partition coefficient (Wildman–Crippen LogP) is 1.26. The van der Waals surface area contributed by atoms with Gasteiger partial charge >= 0.3 is 0 Å². The molecular formula is C12H18N4O. The molecule has 5 nitrogen and oxygen atoms in total. The second kappa shape index (κ2) is 6.00. The molecule has 92 valence electrons. The standard InChI is InChI=1S/C12H18N4O/c1-9(5-4-6-10(2)13)12-15-14-8-16(12)11(3)7-17/h4-6,8,11,17H,2,7,13H2,1,3H3/b6-4-,9-5+. The van der Waals surface area contributed by atoms with Crippen molar-refractivity contribution in [2.45, 2.75) is 19.9 Å². The zero-order valence-electron chi connectivity index (χ0n) is 10.2. The molecule has 5 heteroatoms. The molecule has 0 bridgehead atoms. The van der Waals surface area contributed by atoms with Gasteiger partial charge in [-0.05, 0) is 25.5 Å². The molecule has 0 aromatic carbocycles. The Labute approximate surface area is 101 Å². The monoisotopic (exact) mass is 234 g/mol. The number of aromatic nitrogens is 3. The van der Waals surface area contributed by atoms with Crippen molar-refractivity contribution in [2.24, 2.45) is 5.73 Å². The lowest BCUT2D eigenvalue weighted by Crippen LogP contribution is -2.11. The highest BCUT2D eigenvalue weighted by Crippen LogP contribution is 2.15. The fraction of sp³-hybridized carbons (Fsp3) is 0.333. The number of nitrogens with two attached hydrogens (primary N) is 1. The van der Waals surface area contributed by atoms with E-state index in [-0.39, 0.29) is 12.6 Å². The summed E-state index contributed by atoms with van der Waals surface area (Å²) in [7, 11) is 0. The van der Waals surface area contributed by atoms with Crippen molar-refractivity contribution in [2.75, 3.05) is 6.61 Å². The molecule has 0 amide bonds. The molecular weight excluding hydrogens is 216 g/mol. The summed E-state index contributed by atoms with van der Waals surface area (Å²) >= 11 is 0. The van der Waals surface area contributed by atoms with Crippen LogP contribution in [0.5, 0.6) is 0 Å². The van der Waals surface area contributed by atoms with E-state index in [9.17, 15) is 0 Å². The van der Waals surface area contributed by atoms with Gasteiger partial charge in [0.1, 0.15) is 6.33 Å². The summed E-state index contributed by atoms with van der Waals surface area (Å²) in [4.78, 5) is 0. The van der Waals surface area contributed by atoms with E-state index in [0.29, 0.717) is 5.70 Å². The van der Waals surface area contributed by atoms with Gasteiger partial charge in [0.05, 0.1) is 12.6 Å². The summed E-state index contributed by atoms with van der Waals surface area (Å²) in [6, 6.07) is -0.0446. The Bertz CT molecular complexity index is 445. The van der Waals surface area contributed by atoms with Crippen molar-refractivity contribution >= 4 is 5.57 Å². The van der Waals surface area contributed by atoms with Gasteiger partial charge in [-0.2, -0.15) is 0 Å². The minimum Gasteiger partial charge on any atom is -0.399 e. The Morgan fingerprint density at radius 3 is 3.00 bits per heavy atom. The second-order valence-corrected chi connectivity index (χ2v) is 3.88.